The minimum atomic E-state index is -0.120. The molecule has 1 amide bonds. The van der Waals surface area contributed by atoms with Crippen molar-refractivity contribution in [2.75, 3.05) is 65.6 Å². The van der Waals surface area contributed by atoms with E-state index in [0.29, 0.717) is 28.9 Å². The topological polar surface area (TPSA) is 73.4 Å². The molecule has 1 aliphatic rings. The summed E-state index contributed by atoms with van der Waals surface area (Å²) in [4.78, 5) is 22.6. The molecule has 1 fully saturated rings. The molecule has 0 unspecified atom stereocenters. The second kappa shape index (κ2) is 12.4. The Kier molecular flexibility index (Phi) is 9.02. The molecule has 2 heterocycles. The normalized spacial score (nSPS) is 14.3. The Hall–Kier alpha value is -3.14. The number of aryl methyl sites for hydroxylation is 2. The fourth-order valence-corrected chi connectivity index (χ4v) is 5.54. The smallest absolute Gasteiger partial charge is 0.252 e. The number of hydrogen-bond acceptors (Lipinski definition) is 8. The number of aromatic nitrogens is 1. The number of carbonyl (C=O) groups is 1. The first-order valence-corrected chi connectivity index (χ1v) is 13.2. The predicted molar refractivity (Wildman–Crippen MR) is 148 cm³/mol. The summed E-state index contributed by atoms with van der Waals surface area (Å²) in [6, 6.07) is 7.82. The van der Waals surface area contributed by atoms with Crippen LogP contribution in [0.5, 0.6) is 17.2 Å². The molecule has 198 valence electrons. The first-order chi connectivity index (χ1) is 17.9. The van der Waals surface area contributed by atoms with E-state index in [2.05, 4.69) is 30.9 Å². The van der Waals surface area contributed by atoms with Crippen LogP contribution in [0.1, 0.15) is 23.1 Å². The molecule has 0 radical (unpaired) electrons. The van der Waals surface area contributed by atoms with Crippen molar-refractivity contribution in [2.45, 2.75) is 20.3 Å². The first-order valence-electron chi connectivity index (χ1n) is 12.4. The number of methoxy groups -OCH3 is 3. The van der Waals surface area contributed by atoms with Crippen LogP contribution in [0.15, 0.2) is 30.3 Å². The van der Waals surface area contributed by atoms with Crippen LogP contribution in [0.2, 0.25) is 0 Å². The average Bonchev–Trinajstić information content (AvgIpc) is 3.38. The molecule has 37 heavy (non-hydrogen) atoms. The molecule has 0 N–H and O–H groups in total. The molecule has 0 aliphatic carbocycles. The molecule has 1 aromatic heterocycles. The maximum Gasteiger partial charge on any atom is 0.252 e. The summed E-state index contributed by atoms with van der Waals surface area (Å²) in [5.74, 6) is 1.46. The van der Waals surface area contributed by atoms with Gasteiger partial charge in [0, 0.05) is 32.3 Å². The second-order valence-electron chi connectivity index (χ2n) is 8.96. The van der Waals surface area contributed by atoms with Gasteiger partial charge in [0.1, 0.15) is 0 Å². The molecule has 1 saturated heterocycles. The predicted octanol–water partition coefficient (Wildman–Crippen LogP) is 4.71. The van der Waals surface area contributed by atoms with E-state index in [4.69, 9.17) is 23.9 Å². The van der Waals surface area contributed by atoms with Gasteiger partial charge in [-0.05, 0) is 55.2 Å². The SMILES string of the molecule is COc1cc(/C=C/C(=O)N(CCCN2CCOCC2)c2nc3c(C)ccc(C)c3s2)cc(OC)c1OC. The highest BCUT2D eigenvalue weighted by Crippen LogP contribution is 2.38. The largest absolute Gasteiger partial charge is 0.493 e. The van der Waals surface area contributed by atoms with Crippen molar-refractivity contribution in [2.24, 2.45) is 0 Å². The summed E-state index contributed by atoms with van der Waals surface area (Å²) < 4.78 is 22.9. The molecule has 3 aromatic rings. The third-order valence-electron chi connectivity index (χ3n) is 6.49. The van der Waals surface area contributed by atoms with E-state index in [0.717, 1.165) is 66.2 Å². The highest BCUT2D eigenvalue weighted by molar-refractivity contribution is 7.22. The van der Waals surface area contributed by atoms with E-state index < -0.39 is 0 Å². The number of ether oxygens (including phenoxy) is 4. The van der Waals surface area contributed by atoms with Crippen LogP contribution < -0.4 is 19.1 Å². The zero-order valence-corrected chi connectivity index (χ0v) is 23.0. The number of anilines is 1. The standard InChI is InChI=1S/C28H35N3O5S/c1-19-7-8-20(2)27-25(19)29-28(37-27)31(12-6-11-30-13-15-36-16-14-30)24(32)10-9-21-17-22(33-3)26(35-5)23(18-21)34-4/h7-10,17-18H,6,11-16H2,1-5H3/b10-9+. The zero-order valence-electron chi connectivity index (χ0n) is 22.2. The number of thiazole rings is 1. The van der Waals surface area contributed by atoms with Crippen molar-refractivity contribution in [3.8, 4) is 17.2 Å². The molecule has 9 heteroatoms. The molecule has 0 atom stereocenters. The van der Waals surface area contributed by atoms with E-state index in [9.17, 15) is 4.79 Å². The maximum absolute atomic E-state index is 13.6. The van der Waals surface area contributed by atoms with Crippen molar-refractivity contribution in [3.63, 3.8) is 0 Å². The third-order valence-corrected chi connectivity index (χ3v) is 7.71. The molecule has 0 bridgehead atoms. The van der Waals surface area contributed by atoms with Crippen LogP contribution in [-0.2, 0) is 9.53 Å². The number of fused-ring (bicyclic) bond motifs is 1. The lowest BCUT2D eigenvalue weighted by atomic mass is 10.1. The van der Waals surface area contributed by atoms with Crippen molar-refractivity contribution in [3.05, 3.63) is 47.0 Å². The summed E-state index contributed by atoms with van der Waals surface area (Å²) in [6.07, 6.45) is 4.20. The fraction of sp³-hybridized carbons (Fsp3) is 0.429. The van der Waals surface area contributed by atoms with E-state index in [1.54, 1.807) is 49.7 Å². The minimum Gasteiger partial charge on any atom is -0.493 e. The van der Waals surface area contributed by atoms with Crippen LogP contribution in [0.3, 0.4) is 0 Å². The maximum atomic E-state index is 13.6. The van der Waals surface area contributed by atoms with Gasteiger partial charge in [-0.15, -0.1) is 0 Å². The summed E-state index contributed by atoms with van der Waals surface area (Å²) in [6.45, 7) is 9.00. The van der Waals surface area contributed by atoms with Crippen LogP contribution in [-0.4, -0.2) is 76.5 Å². The lowest BCUT2D eigenvalue weighted by Gasteiger charge is -2.27. The van der Waals surface area contributed by atoms with Gasteiger partial charge in [-0.25, -0.2) is 4.98 Å². The lowest BCUT2D eigenvalue weighted by molar-refractivity contribution is -0.114. The molecule has 0 spiro atoms. The van der Waals surface area contributed by atoms with Crippen LogP contribution >= 0.6 is 11.3 Å². The minimum absolute atomic E-state index is 0.120. The van der Waals surface area contributed by atoms with E-state index in [1.165, 1.54) is 0 Å². The molecule has 2 aromatic carbocycles. The highest BCUT2D eigenvalue weighted by Gasteiger charge is 2.20. The van der Waals surface area contributed by atoms with Crippen LogP contribution in [0, 0.1) is 13.8 Å². The van der Waals surface area contributed by atoms with Crippen LogP contribution in [0.4, 0.5) is 5.13 Å². The highest BCUT2D eigenvalue weighted by atomic mass is 32.1. The third kappa shape index (κ3) is 6.23. The van der Waals surface area contributed by atoms with E-state index in [-0.39, 0.29) is 5.91 Å². The van der Waals surface area contributed by atoms with E-state index in [1.807, 2.05) is 12.1 Å². The Morgan fingerprint density at radius 3 is 2.38 bits per heavy atom. The van der Waals surface area contributed by atoms with Gasteiger partial charge < -0.3 is 18.9 Å². The van der Waals surface area contributed by atoms with Gasteiger partial charge >= 0.3 is 0 Å². The van der Waals surface area contributed by atoms with Gasteiger partial charge in [0.2, 0.25) is 5.75 Å². The number of carbonyl (C=O) groups excluding carboxylic acids is 1. The average molecular weight is 526 g/mol. The number of benzene rings is 2. The van der Waals surface area contributed by atoms with Crippen molar-refractivity contribution >= 4 is 38.7 Å². The summed E-state index contributed by atoms with van der Waals surface area (Å²) in [5.41, 5.74) is 4.00. The number of nitrogens with zero attached hydrogens (tertiary/aromatic N) is 3. The molecule has 8 nitrogen and oxygen atoms in total. The second-order valence-corrected chi connectivity index (χ2v) is 9.94. The lowest BCUT2D eigenvalue weighted by Crippen LogP contribution is -2.39. The molecule has 4 rings (SSSR count). The molecule has 1 aliphatic heterocycles. The summed E-state index contributed by atoms with van der Waals surface area (Å²) >= 11 is 1.57. The molecular weight excluding hydrogens is 490 g/mol. The van der Waals surface area contributed by atoms with Gasteiger partial charge in [0.15, 0.2) is 16.6 Å². The summed E-state index contributed by atoms with van der Waals surface area (Å²) in [5, 5.41) is 0.717. The van der Waals surface area contributed by atoms with Crippen LogP contribution in [0.25, 0.3) is 16.3 Å². The Morgan fingerprint density at radius 1 is 1.08 bits per heavy atom. The van der Waals surface area contributed by atoms with Crippen molar-refractivity contribution < 1.29 is 23.7 Å². The monoisotopic (exact) mass is 525 g/mol. The number of amides is 1. The van der Waals surface area contributed by atoms with Gasteiger partial charge in [-0.3, -0.25) is 14.6 Å². The number of morpholine rings is 1. The van der Waals surface area contributed by atoms with Gasteiger partial charge in [-0.2, -0.15) is 0 Å². The first kappa shape index (κ1) is 26.9. The quantitative estimate of drug-likeness (QED) is 0.355. The fourth-order valence-electron chi connectivity index (χ4n) is 4.40. The van der Waals surface area contributed by atoms with Crippen molar-refractivity contribution in [1.29, 1.82) is 0 Å². The Balaban J connectivity index is 1.60. The van der Waals surface area contributed by atoms with E-state index >= 15 is 0 Å². The Labute approximate surface area is 222 Å². The Bertz CT molecular complexity index is 1200. The van der Waals surface area contributed by atoms with Gasteiger partial charge in [-0.1, -0.05) is 23.5 Å². The molecular formula is C28H35N3O5S. The van der Waals surface area contributed by atoms with Crippen molar-refractivity contribution in [1.82, 2.24) is 9.88 Å². The summed E-state index contributed by atoms with van der Waals surface area (Å²) in [7, 11) is 4.71. The Morgan fingerprint density at radius 2 is 1.76 bits per heavy atom. The number of rotatable bonds is 10. The number of hydrogen-bond donors (Lipinski definition) is 0. The molecule has 0 saturated carbocycles. The van der Waals surface area contributed by atoms with Gasteiger partial charge in [0.25, 0.3) is 5.91 Å². The van der Waals surface area contributed by atoms with Gasteiger partial charge in [0.05, 0.1) is 44.8 Å². The zero-order chi connectivity index (χ0) is 26.4.